The fourth-order valence-corrected chi connectivity index (χ4v) is 2.11. The minimum absolute atomic E-state index is 0.193. The number of hydrogen-bond acceptors (Lipinski definition) is 5. The van der Waals surface area contributed by atoms with Crippen molar-refractivity contribution in [2.24, 2.45) is 10.1 Å². The van der Waals surface area contributed by atoms with Crippen molar-refractivity contribution in [3.8, 4) is 0 Å². The number of rotatable bonds is 5. The molecule has 0 saturated carbocycles. The molecule has 0 saturated heterocycles. The highest BCUT2D eigenvalue weighted by molar-refractivity contribution is 5.88. The lowest BCUT2D eigenvalue weighted by Crippen LogP contribution is -2.28. The summed E-state index contributed by atoms with van der Waals surface area (Å²) in [4.78, 5) is 17.0. The molecule has 1 N–H and O–H groups in total. The average molecular weight is 334 g/mol. The lowest BCUT2D eigenvalue weighted by atomic mass is 10.2. The van der Waals surface area contributed by atoms with Gasteiger partial charge < -0.3 is 5.11 Å². The van der Waals surface area contributed by atoms with E-state index in [4.69, 9.17) is 0 Å². The summed E-state index contributed by atoms with van der Waals surface area (Å²) in [6.07, 6.45) is 1.51. The molecular formula is C18H16N5O2-. The third-order valence-electron chi connectivity index (χ3n) is 3.50. The van der Waals surface area contributed by atoms with E-state index in [1.54, 1.807) is 0 Å². The number of aromatic amines is 1. The molecule has 0 atom stereocenters. The van der Waals surface area contributed by atoms with Crippen LogP contribution in [0.4, 0.5) is 0 Å². The quantitative estimate of drug-likeness (QED) is 0.558. The second-order valence-corrected chi connectivity index (χ2v) is 5.44. The van der Waals surface area contributed by atoms with Crippen molar-refractivity contribution in [2.45, 2.75) is 13.5 Å². The number of aryl methyl sites for hydroxylation is 1. The zero-order valence-corrected chi connectivity index (χ0v) is 13.6. The molecule has 0 aliphatic rings. The number of aliphatic imine (C=N–C) groups is 1. The van der Waals surface area contributed by atoms with E-state index < -0.39 is 11.5 Å². The van der Waals surface area contributed by atoms with Gasteiger partial charge in [-0.15, -0.1) is 4.79 Å². The standard InChI is InChI=1S/C18H17N5O2/c1-13-7-9-15(10-8-13)12-20-23-18(25)16(21-22-23)17(24)19-11-14-5-3-2-4-6-14/h2-10,12,22H,11H2,1H3,(H,19,24)/p-1. The van der Waals surface area contributed by atoms with Crippen LogP contribution in [0.1, 0.15) is 22.4 Å². The van der Waals surface area contributed by atoms with Gasteiger partial charge >= 0.3 is 5.56 Å². The molecule has 0 bridgehead atoms. The Morgan fingerprint density at radius 1 is 1.20 bits per heavy atom. The number of H-pyrrole nitrogens is 1. The van der Waals surface area contributed by atoms with Gasteiger partial charge in [0, 0.05) is 5.90 Å². The maximum atomic E-state index is 12.2. The predicted molar refractivity (Wildman–Crippen MR) is 93.7 cm³/mol. The first-order valence-electron chi connectivity index (χ1n) is 7.67. The zero-order valence-electron chi connectivity index (χ0n) is 13.6. The largest absolute Gasteiger partial charge is 0.857 e. The molecule has 7 heteroatoms. The molecule has 0 amide bonds. The topological polar surface area (TPSA) is 98.5 Å². The van der Waals surface area contributed by atoms with Crippen molar-refractivity contribution >= 4 is 12.1 Å². The van der Waals surface area contributed by atoms with E-state index in [0.717, 1.165) is 21.5 Å². The SMILES string of the molecule is Cc1ccc(C=Nn2[nH]nc(C([O-])=NCc3ccccc3)c2=O)cc1. The van der Waals surface area contributed by atoms with Gasteiger partial charge in [-0.05, 0) is 18.1 Å². The minimum atomic E-state index is -0.672. The van der Waals surface area contributed by atoms with Gasteiger partial charge in [-0.1, -0.05) is 60.2 Å². The lowest BCUT2D eigenvalue weighted by Gasteiger charge is -2.05. The molecule has 7 nitrogen and oxygen atoms in total. The number of aromatic nitrogens is 3. The van der Waals surface area contributed by atoms with E-state index in [-0.39, 0.29) is 12.2 Å². The normalized spacial score (nSPS) is 12.0. The monoisotopic (exact) mass is 334 g/mol. The first-order valence-corrected chi connectivity index (χ1v) is 7.67. The van der Waals surface area contributed by atoms with Gasteiger partial charge in [0.2, 0.25) is 0 Å². The van der Waals surface area contributed by atoms with Gasteiger partial charge in [-0.2, -0.15) is 15.4 Å². The third kappa shape index (κ3) is 4.08. The van der Waals surface area contributed by atoms with Crippen LogP contribution in [-0.4, -0.2) is 27.2 Å². The second kappa shape index (κ2) is 7.39. The van der Waals surface area contributed by atoms with E-state index in [9.17, 15) is 9.90 Å². The number of hydrogen-bond donors (Lipinski definition) is 1. The van der Waals surface area contributed by atoms with Gasteiger partial charge in [0.1, 0.15) is 0 Å². The molecule has 126 valence electrons. The third-order valence-corrected chi connectivity index (χ3v) is 3.50. The fourth-order valence-electron chi connectivity index (χ4n) is 2.11. The van der Waals surface area contributed by atoms with Gasteiger partial charge in [0.25, 0.3) is 0 Å². The van der Waals surface area contributed by atoms with E-state index in [1.165, 1.54) is 6.21 Å². The Morgan fingerprint density at radius 3 is 2.64 bits per heavy atom. The van der Waals surface area contributed by atoms with Crippen molar-refractivity contribution in [1.82, 2.24) is 15.1 Å². The van der Waals surface area contributed by atoms with E-state index in [2.05, 4.69) is 20.4 Å². The Bertz CT molecular complexity index is 953. The summed E-state index contributed by atoms with van der Waals surface area (Å²) >= 11 is 0. The second-order valence-electron chi connectivity index (χ2n) is 5.44. The van der Waals surface area contributed by atoms with Crippen LogP contribution in [0.5, 0.6) is 0 Å². The molecule has 0 fully saturated rings. The number of nitrogens with one attached hydrogen (secondary N) is 1. The van der Waals surface area contributed by atoms with Crippen LogP contribution in [0.3, 0.4) is 0 Å². The van der Waals surface area contributed by atoms with Crippen LogP contribution in [0, 0.1) is 6.92 Å². The van der Waals surface area contributed by atoms with Crippen LogP contribution < -0.4 is 10.7 Å². The van der Waals surface area contributed by atoms with E-state index in [1.807, 2.05) is 61.5 Å². The van der Waals surface area contributed by atoms with Crippen molar-refractivity contribution in [3.63, 3.8) is 0 Å². The average Bonchev–Trinajstić information content (AvgIpc) is 3.01. The van der Waals surface area contributed by atoms with Gasteiger partial charge in [-0.3, -0.25) is 9.79 Å². The Kier molecular flexibility index (Phi) is 4.84. The Morgan fingerprint density at radius 2 is 1.92 bits per heavy atom. The Hall–Kier alpha value is -3.48. The summed E-state index contributed by atoms with van der Waals surface area (Å²) < 4.78 is 0. The molecule has 0 spiro atoms. The highest BCUT2D eigenvalue weighted by atomic mass is 16.3. The van der Waals surface area contributed by atoms with Gasteiger partial charge in [-0.25, -0.2) is 0 Å². The molecular weight excluding hydrogens is 318 g/mol. The lowest BCUT2D eigenvalue weighted by molar-refractivity contribution is -0.213. The summed E-state index contributed by atoms with van der Waals surface area (Å²) in [5.41, 5.74) is 1.92. The molecule has 0 aliphatic carbocycles. The van der Waals surface area contributed by atoms with E-state index >= 15 is 0 Å². The van der Waals surface area contributed by atoms with Crippen molar-refractivity contribution in [3.05, 3.63) is 87.3 Å². The first-order chi connectivity index (χ1) is 12.1. The molecule has 25 heavy (non-hydrogen) atoms. The minimum Gasteiger partial charge on any atom is -0.857 e. The summed E-state index contributed by atoms with van der Waals surface area (Å²) in [5, 5.41) is 22.2. The van der Waals surface area contributed by atoms with Crippen molar-refractivity contribution < 1.29 is 5.11 Å². The van der Waals surface area contributed by atoms with Crippen LogP contribution in [0.25, 0.3) is 0 Å². The highest BCUT2D eigenvalue weighted by Crippen LogP contribution is 2.01. The van der Waals surface area contributed by atoms with Gasteiger partial charge in [0.05, 0.1) is 12.8 Å². The molecule has 0 radical (unpaired) electrons. The fraction of sp³-hybridized carbons (Fsp3) is 0.111. The Labute approximate surface area is 144 Å². The molecule has 1 heterocycles. The van der Waals surface area contributed by atoms with Crippen LogP contribution >= 0.6 is 0 Å². The van der Waals surface area contributed by atoms with E-state index in [0.29, 0.717) is 0 Å². The Balaban J connectivity index is 1.76. The van der Waals surface area contributed by atoms with Crippen LogP contribution in [-0.2, 0) is 6.54 Å². The predicted octanol–water partition coefficient (Wildman–Crippen LogP) is 1.07. The zero-order chi connectivity index (χ0) is 17.6. The first kappa shape index (κ1) is 16.4. The summed E-state index contributed by atoms with van der Waals surface area (Å²) in [5.74, 6) is -0.672. The molecule has 0 aliphatic heterocycles. The maximum Gasteiger partial charge on any atom is 0.316 e. The van der Waals surface area contributed by atoms with Crippen molar-refractivity contribution in [2.75, 3.05) is 0 Å². The molecule has 3 aromatic rings. The maximum absolute atomic E-state index is 12.2. The van der Waals surface area contributed by atoms with Crippen molar-refractivity contribution in [1.29, 1.82) is 0 Å². The van der Waals surface area contributed by atoms with Gasteiger partial charge in [0.15, 0.2) is 5.69 Å². The van der Waals surface area contributed by atoms with Crippen LogP contribution in [0.15, 0.2) is 69.5 Å². The highest BCUT2D eigenvalue weighted by Gasteiger charge is 2.07. The summed E-state index contributed by atoms with van der Waals surface area (Å²) in [7, 11) is 0. The number of nitrogens with zero attached hydrogens (tertiary/aromatic N) is 4. The summed E-state index contributed by atoms with van der Waals surface area (Å²) in [6, 6.07) is 16.9. The van der Waals surface area contributed by atoms with Crippen LogP contribution in [0.2, 0.25) is 0 Å². The smallest absolute Gasteiger partial charge is 0.316 e. The molecule has 0 unspecified atom stereocenters. The molecule has 3 rings (SSSR count). The number of benzene rings is 2. The summed E-state index contributed by atoms with van der Waals surface area (Å²) in [6.45, 7) is 2.18. The molecule has 2 aromatic carbocycles. The molecule has 1 aromatic heterocycles.